The Bertz CT molecular complexity index is 298. The van der Waals surface area contributed by atoms with Gasteiger partial charge >= 0.3 is 5.97 Å². The number of hydrogen-bond donors (Lipinski definition) is 1. The summed E-state index contributed by atoms with van der Waals surface area (Å²) in [5.74, 6) is -0.941. The molecule has 1 heterocycles. The topological polar surface area (TPSA) is 53.4 Å². The van der Waals surface area contributed by atoms with E-state index in [0.29, 0.717) is 0 Å². The highest BCUT2D eigenvalue weighted by Gasteiger charge is 2.02. The standard InChI is InChI=1S/C9H12N2O2.ClH/c1-11(2)6-8-4-3-7(5-10-8)9(12)13;/h3-5H,6H2,1-2H3,(H,12,13);1H. The Morgan fingerprint density at radius 3 is 2.50 bits per heavy atom. The quantitative estimate of drug-likeness (QED) is 0.827. The second-order valence-electron chi connectivity index (χ2n) is 3.08. The molecular weight excluding hydrogens is 204 g/mol. The van der Waals surface area contributed by atoms with Gasteiger partial charge in [-0.3, -0.25) is 4.98 Å². The molecule has 1 rings (SSSR count). The first kappa shape index (κ1) is 12.9. The SMILES string of the molecule is CN(C)Cc1ccc(C(=O)O)cn1.Cl. The summed E-state index contributed by atoms with van der Waals surface area (Å²) in [5.41, 5.74) is 1.09. The maximum atomic E-state index is 10.5. The number of carbonyl (C=O) groups is 1. The molecule has 0 amide bonds. The lowest BCUT2D eigenvalue weighted by molar-refractivity contribution is 0.0696. The monoisotopic (exact) mass is 216 g/mol. The van der Waals surface area contributed by atoms with Crippen molar-refractivity contribution in [2.75, 3.05) is 14.1 Å². The summed E-state index contributed by atoms with van der Waals surface area (Å²) < 4.78 is 0. The lowest BCUT2D eigenvalue weighted by Gasteiger charge is -2.07. The van der Waals surface area contributed by atoms with Crippen LogP contribution < -0.4 is 0 Å². The van der Waals surface area contributed by atoms with Gasteiger partial charge in [-0.1, -0.05) is 0 Å². The molecule has 0 aliphatic carbocycles. The maximum absolute atomic E-state index is 10.5. The molecule has 5 heteroatoms. The van der Waals surface area contributed by atoms with Crippen molar-refractivity contribution in [3.05, 3.63) is 29.6 Å². The molecule has 4 nitrogen and oxygen atoms in total. The van der Waals surface area contributed by atoms with Crippen molar-refractivity contribution in [1.82, 2.24) is 9.88 Å². The molecule has 0 aliphatic rings. The van der Waals surface area contributed by atoms with E-state index in [-0.39, 0.29) is 18.0 Å². The van der Waals surface area contributed by atoms with Crippen LogP contribution in [0.2, 0.25) is 0 Å². The molecule has 0 atom stereocenters. The fourth-order valence-corrected chi connectivity index (χ4v) is 0.969. The van der Waals surface area contributed by atoms with E-state index in [1.54, 1.807) is 12.1 Å². The molecule has 14 heavy (non-hydrogen) atoms. The zero-order valence-electron chi connectivity index (χ0n) is 8.10. The predicted molar refractivity (Wildman–Crippen MR) is 55.8 cm³/mol. The number of hydrogen-bond acceptors (Lipinski definition) is 3. The largest absolute Gasteiger partial charge is 0.478 e. The number of carboxylic acids is 1. The molecule has 0 saturated carbocycles. The van der Waals surface area contributed by atoms with E-state index in [1.165, 1.54) is 6.20 Å². The average molecular weight is 217 g/mol. The van der Waals surface area contributed by atoms with Crippen LogP contribution in [0.25, 0.3) is 0 Å². The highest BCUT2D eigenvalue weighted by Crippen LogP contribution is 2.01. The summed E-state index contributed by atoms with van der Waals surface area (Å²) >= 11 is 0. The second kappa shape index (κ2) is 5.57. The van der Waals surface area contributed by atoms with E-state index in [2.05, 4.69) is 4.98 Å². The third-order valence-electron chi connectivity index (χ3n) is 1.55. The fraction of sp³-hybridized carbons (Fsp3) is 0.333. The van der Waals surface area contributed by atoms with Crippen LogP contribution >= 0.6 is 12.4 Å². The number of carboxylic acid groups (broad SMARTS) is 1. The van der Waals surface area contributed by atoms with E-state index < -0.39 is 5.97 Å². The molecule has 0 spiro atoms. The third-order valence-corrected chi connectivity index (χ3v) is 1.55. The Labute approximate surface area is 89.0 Å². The van der Waals surface area contributed by atoms with Crippen molar-refractivity contribution >= 4 is 18.4 Å². The first-order valence-corrected chi connectivity index (χ1v) is 3.92. The van der Waals surface area contributed by atoms with Crippen LogP contribution in [0.5, 0.6) is 0 Å². The van der Waals surface area contributed by atoms with Crippen molar-refractivity contribution < 1.29 is 9.90 Å². The minimum absolute atomic E-state index is 0. The lowest BCUT2D eigenvalue weighted by atomic mass is 10.2. The van der Waals surface area contributed by atoms with E-state index in [1.807, 2.05) is 19.0 Å². The zero-order chi connectivity index (χ0) is 9.84. The smallest absolute Gasteiger partial charge is 0.337 e. The molecule has 0 fully saturated rings. The number of aromatic nitrogens is 1. The van der Waals surface area contributed by atoms with Gasteiger partial charge < -0.3 is 10.0 Å². The Balaban J connectivity index is 0.00000169. The summed E-state index contributed by atoms with van der Waals surface area (Å²) in [7, 11) is 3.87. The van der Waals surface area contributed by atoms with Crippen molar-refractivity contribution in [2.45, 2.75) is 6.54 Å². The number of pyridine rings is 1. The van der Waals surface area contributed by atoms with Gasteiger partial charge in [0.2, 0.25) is 0 Å². The molecule has 1 aromatic heterocycles. The number of aromatic carboxylic acids is 1. The van der Waals surface area contributed by atoms with Gasteiger partial charge in [-0.05, 0) is 26.2 Å². The number of nitrogens with zero attached hydrogens (tertiary/aromatic N) is 2. The van der Waals surface area contributed by atoms with Crippen molar-refractivity contribution in [3.8, 4) is 0 Å². The molecule has 0 unspecified atom stereocenters. The van der Waals surface area contributed by atoms with E-state index in [9.17, 15) is 4.79 Å². The van der Waals surface area contributed by atoms with Crippen LogP contribution in [-0.4, -0.2) is 35.1 Å². The third kappa shape index (κ3) is 3.72. The van der Waals surface area contributed by atoms with Gasteiger partial charge in [0.25, 0.3) is 0 Å². The summed E-state index contributed by atoms with van der Waals surface area (Å²) in [4.78, 5) is 16.5. The van der Waals surface area contributed by atoms with E-state index in [4.69, 9.17) is 5.11 Å². The molecule has 78 valence electrons. The van der Waals surface area contributed by atoms with Crippen molar-refractivity contribution in [2.24, 2.45) is 0 Å². The molecule has 0 aliphatic heterocycles. The van der Waals surface area contributed by atoms with Gasteiger partial charge in [0, 0.05) is 12.7 Å². The van der Waals surface area contributed by atoms with E-state index >= 15 is 0 Å². The van der Waals surface area contributed by atoms with Crippen LogP contribution in [0, 0.1) is 0 Å². The van der Waals surface area contributed by atoms with Crippen LogP contribution in [0.15, 0.2) is 18.3 Å². The predicted octanol–water partition coefficient (Wildman–Crippen LogP) is 1.26. The Hall–Kier alpha value is -1.13. The first-order chi connectivity index (χ1) is 6.09. The van der Waals surface area contributed by atoms with Gasteiger partial charge in [-0.2, -0.15) is 0 Å². The van der Waals surface area contributed by atoms with Crippen molar-refractivity contribution in [1.29, 1.82) is 0 Å². The Morgan fingerprint density at radius 1 is 1.50 bits per heavy atom. The first-order valence-electron chi connectivity index (χ1n) is 3.92. The highest BCUT2D eigenvalue weighted by atomic mass is 35.5. The second-order valence-corrected chi connectivity index (χ2v) is 3.08. The lowest BCUT2D eigenvalue weighted by Crippen LogP contribution is -2.12. The molecule has 0 aromatic carbocycles. The molecular formula is C9H13ClN2O2. The van der Waals surface area contributed by atoms with Crippen molar-refractivity contribution in [3.63, 3.8) is 0 Å². The van der Waals surface area contributed by atoms with Gasteiger partial charge in [-0.15, -0.1) is 12.4 Å². The minimum atomic E-state index is -0.941. The minimum Gasteiger partial charge on any atom is -0.478 e. The fourth-order valence-electron chi connectivity index (χ4n) is 0.969. The van der Waals surface area contributed by atoms with Gasteiger partial charge in [0.05, 0.1) is 11.3 Å². The summed E-state index contributed by atoms with van der Waals surface area (Å²) in [6, 6.07) is 3.29. The van der Waals surface area contributed by atoms with Crippen LogP contribution in [0.1, 0.15) is 16.1 Å². The summed E-state index contributed by atoms with van der Waals surface area (Å²) in [5, 5.41) is 8.61. The summed E-state index contributed by atoms with van der Waals surface area (Å²) in [6.45, 7) is 0.722. The highest BCUT2D eigenvalue weighted by molar-refractivity contribution is 5.87. The van der Waals surface area contributed by atoms with E-state index in [0.717, 1.165) is 12.2 Å². The molecule has 1 N–H and O–H groups in total. The average Bonchev–Trinajstić information content (AvgIpc) is 2.04. The Morgan fingerprint density at radius 2 is 2.14 bits per heavy atom. The van der Waals surface area contributed by atoms with Gasteiger partial charge in [-0.25, -0.2) is 4.79 Å². The summed E-state index contributed by atoms with van der Waals surface area (Å²) in [6.07, 6.45) is 1.38. The van der Waals surface area contributed by atoms with Gasteiger partial charge in [0.1, 0.15) is 0 Å². The normalized spacial score (nSPS) is 9.64. The maximum Gasteiger partial charge on any atom is 0.337 e. The van der Waals surface area contributed by atoms with Crippen LogP contribution in [0.4, 0.5) is 0 Å². The molecule has 1 aromatic rings. The van der Waals surface area contributed by atoms with Crippen LogP contribution in [-0.2, 0) is 6.54 Å². The molecule has 0 bridgehead atoms. The Kier molecular flexibility index (Phi) is 5.12. The van der Waals surface area contributed by atoms with Gasteiger partial charge in [0.15, 0.2) is 0 Å². The molecule has 0 saturated heterocycles. The zero-order valence-corrected chi connectivity index (χ0v) is 8.91. The number of rotatable bonds is 3. The molecule has 0 radical (unpaired) electrons. The van der Waals surface area contributed by atoms with Crippen LogP contribution in [0.3, 0.4) is 0 Å². The number of halogens is 1.